The van der Waals surface area contributed by atoms with Crippen LogP contribution in [-0.4, -0.2) is 0 Å². The van der Waals surface area contributed by atoms with Crippen LogP contribution in [-0.2, 0) is 0 Å². The van der Waals surface area contributed by atoms with E-state index in [9.17, 15) is 0 Å². The number of benzene rings is 1. The highest BCUT2D eigenvalue weighted by molar-refractivity contribution is 9.12. The van der Waals surface area contributed by atoms with Crippen molar-refractivity contribution in [2.24, 2.45) is 0 Å². The molecular formula is C9H7Br. The van der Waals surface area contributed by atoms with Gasteiger partial charge in [0.1, 0.15) is 0 Å². The molecule has 0 aliphatic carbocycles. The summed E-state index contributed by atoms with van der Waals surface area (Å²) in [6, 6.07) is 8.10. The van der Waals surface area contributed by atoms with Crippen LogP contribution in [0.15, 0.2) is 24.3 Å². The van der Waals surface area contributed by atoms with Gasteiger partial charge in [-0.25, -0.2) is 0 Å². The molecule has 0 unspecified atom stereocenters. The van der Waals surface area contributed by atoms with Gasteiger partial charge < -0.3 is 0 Å². The highest BCUT2D eigenvalue weighted by Crippen LogP contribution is 2.00. The average Bonchev–Trinajstić information content (AvgIpc) is 1.95. The van der Waals surface area contributed by atoms with E-state index in [1.165, 1.54) is 5.56 Å². The number of hydrogen-bond donors (Lipinski definition) is 0. The monoisotopic (exact) mass is 191 g/mol. The standard InChI is InChI=1S/C9H7Br/c1-8-2-4-9(5-3-8)6-7-10/h2-5H,1H3/i10-4. The summed E-state index contributed by atoms with van der Waals surface area (Å²) in [4.78, 5) is 2.67. The molecule has 0 amide bonds. The largest absolute Gasteiger partial charge is 0.0581 e. The van der Waals surface area contributed by atoms with Crippen LogP contribution >= 0.6 is 15.9 Å². The van der Waals surface area contributed by atoms with Crippen molar-refractivity contribution >= 4 is 15.9 Å². The van der Waals surface area contributed by atoms with Crippen LogP contribution in [0.4, 0.5) is 0 Å². The van der Waals surface area contributed by atoms with Gasteiger partial charge in [0, 0.05) is 21.5 Å². The molecule has 10 heavy (non-hydrogen) atoms. The molecule has 50 valence electrons. The lowest BCUT2D eigenvalue weighted by Gasteiger charge is -1.89. The summed E-state index contributed by atoms with van der Waals surface area (Å²) in [6.45, 7) is 2.06. The van der Waals surface area contributed by atoms with E-state index in [0.717, 1.165) is 5.56 Å². The molecule has 0 nitrogen and oxygen atoms in total. The first kappa shape index (κ1) is 7.37. The van der Waals surface area contributed by atoms with E-state index >= 15 is 0 Å². The fourth-order valence-corrected chi connectivity index (χ4v) is 0.920. The molecule has 1 aromatic rings. The van der Waals surface area contributed by atoms with Crippen LogP contribution in [0.25, 0.3) is 0 Å². The Morgan fingerprint density at radius 3 is 2.30 bits per heavy atom. The molecule has 0 fully saturated rings. The third kappa shape index (κ3) is 1.89. The van der Waals surface area contributed by atoms with E-state index in [1.807, 2.05) is 24.3 Å². The molecule has 0 spiro atoms. The zero-order chi connectivity index (χ0) is 7.40. The first-order valence-corrected chi connectivity index (χ1v) is 3.80. The Balaban J connectivity index is 2.97. The maximum Gasteiger partial charge on any atom is 0.0254 e. The predicted octanol–water partition coefficient (Wildman–Crippen LogP) is 2.70. The Morgan fingerprint density at radius 1 is 1.20 bits per heavy atom. The predicted molar refractivity (Wildman–Crippen MR) is 47.0 cm³/mol. The molecule has 1 heteroatoms. The second-order valence-electron chi connectivity index (χ2n) is 2.09. The van der Waals surface area contributed by atoms with Gasteiger partial charge in [-0.05, 0) is 23.9 Å². The molecule has 0 aliphatic rings. The van der Waals surface area contributed by atoms with Crippen molar-refractivity contribution in [3.8, 4) is 10.8 Å². The van der Waals surface area contributed by atoms with Crippen molar-refractivity contribution in [3.05, 3.63) is 35.4 Å². The molecule has 0 saturated heterocycles. The van der Waals surface area contributed by atoms with Gasteiger partial charge in [-0.15, -0.1) is 0 Å². The summed E-state index contributed by atoms with van der Waals surface area (Å²) in [7, 11) is 0. The minimum atomic E-state index is 1.04. The quantitative estimate of drug-likeness (QED) is 0.553. The summed E-state index contributed by atoms with van der Waals surface area (Å²) in [5.74, 6) is 2.90. The van der Waals surface area contributed by atoms with E-state index in [1.54, 1.807) is 0 Å². The second kappa shape index (κ2) is 3.43. The van der Waals surface area contributed by atoms with E-state index in [2.05, 4.69) is 33.6 Å². The minimum absolute atomic E-state index is 1.04. The molecule has 0 atom stereocenters. The van der Waals surface area contributed by atoms with Crippen molar-refractivity contribution in [2.45, 2.75) is 6.92 Å². The Kier molecular flexibility index (Phi) is 2.53. The summed E-state index contributed by atoms with van der Waals surface area (Å²) in [5.41, 5.74) is 2.31. The molecule has 0 bridgehead atoms. The Hall–Kier alpha value is -0.740. The van der Waals surface area contributed by atoms with Crippen molar-refractivity contribution in [1.29, 1.82) is 0 Å². The van der Waals surface area contributed by atoms with E-state index in [0.29, 0.717) is 0 Å². The van der Waals surface area contributed by atoms with Crippen molar-refractivity contribution < 1.29 is 0 Å². The number of aryl methyl sites for hydroxylation is 1. The third-order valence-electron chi connectivity index (χ3n) is 1.24. The van der Waals surface area contributed by atoms with Crippen LogP contribution in [0.2, 0.25) is 0 Å². The smallest absolute Gasteiger partial charge is 0.0254 e. The topological polar surface area (TPSA) is 0 Å². The molecule has 0 radical (unpaired) electrons. The first-order chi connectivity index (χ1) is 4.83. The molecule has 0 N–H and O–H groups in total. The maximum absolute atomic E-state index is 3.04. The van der Waals surface area contributed by atoms with Gasteiger partial charge in [-0.2, -0.15) is 0 Å². The molecule has 1 aromatic carbocycles. The SMILES string of the molecule is Cc1ccc(C#C[76Br])cc1. The van der Waals surface area contributed by atoms with E-state index in [-0.39, 0.29) is 0 Å². The summed E-state index contributed by atoms with van der Waals surface area (Å²) in [6.07, 6.45) is 0. The van der Waals surface area contributed by atoms with Gasteiger partial charge in [0.2, 0.25) is 0 Å². The lowest BCUT2D eigenvalue weighted by atomic mass is 10.2. The van der Waals surface area contributed by atoms with Gasteiger partial charge in [0.15, 0.2) is 0 Å². The average molecular weight is 191 g/mol. The van der Waals surface area contributed by atoms with Gasteiger partial charge in [0.25, 0.3) is 0 Å². The van der Waals surface area contributed by atoms with E-state index in [4.69, 9.17) is 0 Å². The van der Waals surface area contributed by atoms with Gasteiger partial charge in [-0.3, -0.25) is 0 Å². The lowest BCUT2D eigenvalue weighted by Crippen LogP contribution is -1.73. The number of halogens is 1. The Bertz CT molecular complexity index is 261. The molecule has 1 rings (SSSR count). The normalized spacial score (nSPS) is 8.20. The van der Waals surface area contributed by atoms with E-state index < -0.39 is 0 Å². The molecule has 0 aliphatic heterocycles. The minimum Gasteiger partial charge on any atom is -0.0581 e. The highest BCUT2D eigenvalue weighted by atomic mass is 75.9. The molecule has 0 aromatic heterocycles. The van der Waals surface area contributed by atoms with Crippen molar-refractivity contribution in [1.82, 2.24) is 0 Å². The van der Waals surface area contributed by atoms with Crippen LogP contribution in [0, 0.1) is 17.7 Å². The number of rotatable bonds is 0. The Morgan fingerprint density at radius 2 is 1.80 bits per heavy atom. The third-order valence-corrected chi connectivity index (χ3v) is 1.44. The summed E-state index contributed by atoms with van der Waals surface area (Å²) >= 11 is 3.04. The molecule has 0 heterocycles. The zero-order valence-electron chi connectivity index (χ0n) is 5.69. The fourth-order valence-electron chi connectivity index (χ4n) is 0.691. The van der Waals surface area contributed by atoms with Crippen LogP contribution in [0.5, 0.6) is 0 Å². The lowest BCUT2D eigenvalue weighted by molar-refractivity contribution is 1.46. The van der Waals surface area contributed by atoms with Crippen LogP contribution in [0.1, 0.15) is 11.1 Å². The van der Waals surface area contributed by atoms with Crippen molar-refractivity contribution in [3.63, 3.8) is 0 Å². The van der Waals surface area contributed by atoms with Crippen LogP contribution < -0.4 is 0 Å². The van der Waals surface area contributed by atoms with Gasteiger partial charge >= 0.3 is 0 Å². The van der Waals surface area contributed by atoms with Gasteiger partial charge in [0.05, 0.1) is 0 Å². The molecule has 0 saturated carbocycles. The molecular weight excluding hydrogens is 184 g/mol. The second-order valence-corrected chi connectivity index (χ2v) is 2.48. The zero-order valence-corrected chi connectivity index (χ0v) is 7.27. The summed E-state index contributed by atoms with van der Waals surface area (Å²) < 4.78 is 0. The van der Waals surface area contributed by atoms with Crippen molar-refractivity contribution in [2.75, 3.05) is 0 Å². The van der Waals surface area contributed by atoms with Gasteiger partial charge in [-0.1, -0.05) is 23.6 Å². The fraction of sp³-hybridized carbons (Fsp3) is 0.111. The first-order valence-electron chi connectivity index (χ1n) is 3.01. The Labute approximate surface area is 69.4 Å². The number of hydrogen-bond acceptors (Lipinski definition) is 0. The highest BCUT2D eigenvalue weighted by Gasteiger charge is 1.83. The van der Waals surface area contributed by atoms with Crippen LogP contribution in [0.3, 0.4) is 0 Å². The maximum atomic E-state index is 3.04. The summed E-state index contributed by atoms with van der Waals surface area (Å²) in [5, 5.41) is 0.